The Labute approximate surface area is 413 Å². The summed E-state index contributed by atoms with van der Waals surface area (Å²) in [6.07, 6.45) is 5.53. The number of Topliss-reactive ketones (excluding diaryl/α,β-unsaturated/α-hetero) is 2. The molecule has 4 aliphatic carbocycles. The normalized spacial score (nSPS) is 25.8. The highest BCUT2D eigenvalue weighted by Gasteiger charge is 2.45. The number of esters is 6. The van der Waals surface area contributed by atoms with Crippen LogP contribution in [0.4, 0.5) is 5.13 Å². The van der Waals surface area contributed by atoms with Crippen molar-refractivity contribution in [2.24, 2.45) is 47.3 Å². The maximum atomic E-state index is 14.3. The minimum absolute atomic E-state index is 0.0448. The highest BCUT2D eigenvalue weighted by atomic mass is 32.1. The number of carbonyl (C=O) groups is 10. The first kappa shape index (κ1) is 51.0. The molecule has 2 aromatic carbocycles. The molecule has 0 saturated heterocycles. The van der Waals surface area contributed by atoms with Gasteiger partial charge in [0, 0.05) is 18.8 Å². The summed E-state index contributed by atoms with van der Waals surface area (Å²) in [5, 5.41) is 0.0646. The molecule has 5 aliphatic rings. The molecule has 3 aromatic rings. The first-order valence-corrected chi connectivity index (χ1v) is 25.5. The number of aromatic nitrogens is 1. The van der Waals surface area contributed by atoms with Crippen molar-refractivity contribution in [1.29, 1.82) is 0 Å². The number of ketones is 2. The van der Waals surface area contributed by atoms with Gasteiger partial charge in [-0.3, -0.25) is 47.9 Å². The van der Waals surface area contributed by atoms with Gasteiger partial charge in [0.25, 0.3) is 11.8 Å². The predicted octanol–water partition coefficient (Wildman–Crippen LogP) is 7.79. The van der Waals surface area contributed by atoms with E-state index in [1.54, 1.807) is 38.1 Å². The summed E-state index contributed by atoms with van der Waals surface area (Å²) < 4.78 is 33.8. The number of nitrogens with zero attached hydrogens (tertiary/aromatic N) is 2. The molecule has 2 amide bonds. The fourth-order valence-electron chi connectivity index (χ4n) is 10.5. The zero-order valence-corrected chi connectivity index (χ0v) is 40.8. The van der Waals surface area contributed by atoms with E-state index < -0.39 is 84.4 Å². The van der Waals surface area contributed by atoms with Gasteiger partial charge in [-0.05, 0) is 141 Å². The number of hydrogen-bond donors (Lipinski definition) is 0. The van der Waals surface area contributed by atoms with E-state index in [0.717, 1.165) is 16.2 Å². The van der Waals surface area contributed by atoms with Gasteiger partial charge in [0.1, 0.15) is 23.1 Å². The molecule has 0 radical (unpaired) electrons. The molecule has 0 bridgehead atoms. The highest BCUT2D eigenvalue weighted by molar-refractivity contribution is 7.22. The average molecular weight is 999 g/mol. The Hall–Kier alpha value is -6.37. The number of amides is 2. The van der Waals surface area contributed by atoms with Crippen molar-refractivity contribution in [2.75, 3.05) is 11.7 Å². The summed E-state index contributed by atoms with van der Waals surface area (Å²) in [4.78, 5) is 136. The van der Waals surface area contributed by atoms with Crippen molar-refractivity contribution in [3.63, 3.8) is 0 Å². The van der Waals surface area contributed by atoms with E-state index in [4.69, 9.17) is 28.4 Å². The van der Waals surface area contributed by atoms with E-state index in [-0.39, 0.29) is 114 Å². The van der Waals surface area contributed by atoms with Gasteiger partial charge in [0.15, 0.2) is 0 Å². The molecule has 8 rings (SSSR count). The topological polar surface area (TPSA) is 242 Å². The van der Waals surface area contributed by atoms with Crippen LogP contribution in [0.1, 0.15) is 144 Å². The molecule has 1 atom stereocenters. The van der Waals surface area contributed by atoms with Crippen LogP contribution < -0.4 is 14.4 Å². The van der Waals surface area contributed by atoms with Crippen LogP contribution in [0.5, 0.6) is 11.5 Å². The lowest BCUT2D eigenvalue weighted by atomic mass is 9.80. The van der Waals surface area contributed by atoms with Crippen LogP contribution in [-0.4, -0.2) is 77.3 Å². The van der Waals surface area contributed by atoms with Gasteiger partial charge < -0.3 is 28.4 Å². The van der Waals surface area contributed by atoms with Crippen molar-refractivity contribution < 1.29 is 76.4 Å². The summed E-state index contributed by atoms with van der Waals surface area (Å²) in [5.74, 6) is -8.61. The lowest BCUT2D eigenvalue weighted by Crippen LogP contribution is -2.33. The monoisotopic (exact) mass is 998 g/mol. The molecule has 1 aromatic heterocycles. The van der Waals surface area contributed by atoms with Gasteiger partial charge in [-0.25, -0.2) is 9.88 Å². The summed E-state index contributed by atoms with van der Waals surface area (Å²) in [6.45, 7) is 4.04. The first-order chi connectivity index (χ1) is 34.1. The number of thiazole rings is 1. The van der Waals surface area contributed by atoms with Gasteiger partial charge in [0.05, 0.1) is 56.9 Å². The third kappa shape index (κ3) is 11.7. The SMILES string of the molecule is CC(=O)C1CCC(C(=O)OCOC(=O)C2CCC(C(=O)Oc3ccc(OC(=O)C4CCC(C(=O)OC(C)OC(=O)C5CCC(C(C)=O)CC5)CC4)c4c3C(=O)N(c3nc5ccccc5s3)C4=O)CC2)CC1. The Morgan fingerprint density at radius 1 is 0.521 bits per heavy atom. The fraction of sp³-hybridized carbons (Fsp3) is 0.558. The summed E-state index contributed by atoms with van der Waals surface area (Å²) >= 11 is 1.10. The van der Waals surface area contributed by atoms with E-state index in [1.807, 2.05) is 0 Å². The lowest BCUT2D eigenvalue weighted by Gasteiger charge is -2.28. The Morgan fingerprint density at radius 2 is 0.873 bits per heavy atom. The number of imide groups is 1. The second-order valence-electron chi connectivity index (χ2n) is 19.5. The number of anilines is 1. The van der Waals surface area contributed by atoms with Crippen LogP contribution in [0.15, 0.2) is 36.4 Å². The standard InChI is InChI=1S/C52H58N2O16S/c1-27(55)30-8-12-32(13-9-30)46(59)65-26-66-47(60)33-16-18-36(19-17-33)50(63)69-39-24-25-40(43-42(39)44(57)54(45(43)58)52-53-38-6-4-5-7-41(38)71-52)70-51(64)37-22-20-35(21-23-37)49(62)68-29(3)67-48(61)34-14-10-31(11-15-34)28(2)56/h4-7,24-25,29-37H,8-23,26H2,1-3H3. The molecule has 4 saturated carbocycles. The zero-order chi connectivity index (χ0) is 50.5. The zero-order valence-electron chi connectivity index (χ0n) is 40.0. The van der Waals surface area contributed by atoms with Crippen molar-refractivity contribution in [1.82, 2.24) is 4.98 Å². The van der Waals surface area contributed by atoms with E-state index in [0.29, 0.717) is 61.6 Å². The molecular formula is C52H58N2O16S. The van der Waals surface area contributed by atoms with E-state index in [9.17, 15) is 47.9 Å². The Morgan fingerprint density at radius 3 is 1.25 bits per heavy atom. The third-order valence-electron chi connectivity index (χ3n) is 14.9. The van der Waals surface area contributed by atoms with Crippen LogP contribution >= 0.6 is 11.3 Å². The number of ether oxygens (including phenoxy) is 6. The van der Waals surface area contributed by atoms with Crippen molar-refractivity contribution in [2.45, 2.75) is 130 Å². The van der Waals surface area contributed by atoms with Gasteiger partial charge in [0.2, 0.25) is 18.2 Å². The molecule has 18 nitrogen and oxygen atoms in total. The van der Waals surface area contributed by atoms with Crippen molar-refractivity contribution in [3.8, 4) is 11.5 Å². The van der Waals surface area contributed by atoms with Gasteiger partial charge in [-0.2, -0.15) is 0 Å². The van der Waals surface area contributed by atoms with Gasteiger partial charge >= 0.3 is 35.8 Å². The van der Waals surface area contributed by atoms with Crippen molar-refractivity contribution in [3.05, 3.63) is 47.5 Å². The molecule has 71 heavy (non-hydrogen) atoms. The minimum Gasteiger partial charge on any atom is -0.428 e. The second-order valence-corrected chi connectivity index (χ2v) is 20.5. The van der Waals surface area contributed by atoms with E-state index in [1.165, 1.54) is 19.1 Å². The molecule has 19 heteroatoms. The van der Waals surface area contributed by atoms with Crippen LogP contribution in [0.25, 0.3) is 10.2 Å². The predicted molar refractivity (Wildman–Crippen MR) is 250 cm³/mol. The summed E-state index contributed by atoms with van der Waals surface area (Å²) in [7, 11) is 0. The van der Waals surface area contributed by atoms with Crippen molar-refractivity contribution >= 4 is 85.9 Å². The largest absolute Gasteiger partial charge is 0.428 e. The number of carbonyl (C=O) groups excluding carboxylic acids is 10. The van der Waals surface area contributed by atoms with E-state index >= 15 is 0 Å². The Kier molecular flexibility index (Phi) is 16.1. The maximum absolute atomic E-state index is 14.3. The maximum Gasteiger partial charge on any atom is 0.314 e. The molecular weight excluding hydrogens is 941 g/mol. The van der Waals surface area contributed by atoms with E-state index in [2.05, 4.69) is 4.98 Å². The summed E-state index contributed by atoms with van der Waals surface area (Å²) in [6, 6.07) is 9.67. The number of fused-ring (bicyclic) bond motifs is 2. The third-order valence-corrected chi connectivity index (χ3v) is 15.9. The molecule has 4 fully saturated rings. The van der Waals surface area contributed by atoms with Gasteiger partial charge in [-0.1, -0.05) is 23.5 Å². The highest BCUT2D eigenvalue weighted by Crippen LogP contribution is 2.43. The number of para-hydroxylation sites is 1. The van der Waals surface area contributed by atoms with Gasteiger partial charge in [-0.15, -0.1) is 0 Å². The fourth-order valence-corrected chi connectivity index (χ4v) is 11.5. The molecule has 0 spiro atoms. The molecule has 378 valence electrons. The molecule has 1 aliphatic heterocycles. The quantitative estimate of drug-likeness (QED) is 0.0610. The minimum atomic E-state index is -1.12. The summed E-state index contributed by atoms with van der Waals surface area (Å²) in [5.41, 5.74) is -0.0145. The Bertz CT molecular complexity index is 2560. The van der Waals surface area contributed by atoms with Crippen LogP contribution in [0, 0.1) is 47.3 Å². The number of hydrogen-bond acceptors (Lipinski definition) is 18. The van der Waals surface area contributed by atoms with Crippen LogP contribution in [0.3, 0.4) is 0 Å². The number of rotatable bonds is 15. The molecule has 1 unspecified atom stereocenters. The first-order valence-electron chi connectivity index (χ1n) is 24.7. The smallest absolute Gasteiger partial charge is 0.314 e. The number of benzene rings is 2. The Balaban J connectivity index is 0.865. The van der Waals surface area contributed by atoms with Crippen LogP contribution in [0.2, 0.25) is 0 Å². The molecule has 2 heterocycles. The average Bonchev–Trinajstić information content (AvgIpc) is 3.91. The van der Waals surface area contributed by atoms with Crippen LogP contribution in [-0.2, 0) is 57.3 Å². The molecule has 0 N–H and O–H groups in total. The second kappa shape index (κ2) is 22.4. The lowest BCUT2D eigenvalue weighted by molar-refractivity contribution is -0.192.